The molecule has 0 bridgehead atoms. The Bertz CT molecular complexity index is 482. The lowest BCUT2D eigenvalue weighted by Gasteiger charge is -2.35. The van der Waals surface area contributed by atoms with Crippen LogP contribution in [0, 0.1) is 5.41 Å². The van der Waals surface area contributed by atoms with Gasteiger partial charge >= 0.3 is 0 Å². The SMILES string of the molecule is CCC1(C(=O)Nc2ccc(OC)cc2O)CCCNC1. The summed E-state index contributed by atoms with van der Waals surface area (Å²) in [6.45, 7) is 3.68. The van der Waals surface area contributed by atoms with E-state index in [2.05, 4.69) is 10.6 Å². The average molecular weight is 278 g/mol. The standard InChI is InChI=1S/C15H22N2O3/c1-3-15(7-4-8-16-10-15)14(19)17-12-6-5-11(20-2)9-13(12)18/h5-6,9,16,18H,3-4,7-8,10H2,1-2H3,(H,17,19). The Balaban J connectivity index is 2.14. The van der Waals surface area contributed by atoms with Crippen LogP contribution in [0.15, 0.2) is 18.2 Å². The van der Waals surface area contributed by atoms with Crippen molar-refractivity contribution in [3.63, 3.8) is 0 Å². The van der Waals surface area contributed by atoms with Crippen LogP contribution in [0.3, 0.4) is 0 Å². The number of hydrogen-bond donors (Lipinski definition) is 3. The summed E-state index contributed by atoms with van der Waals surface area (Å²) in [5.74, 6) is 0.547. The molecule has 1 aliphatic heterocycles. The van der Waals surface area contributed by atoms with E-state index in [1.54, 1.807) is 12.1 Å². The number of carbonyl (C=O) groups excluding carboxylic acids is 1. The van der Waals surface area contributed by atoms with E-state index < -0.39 is 0 Å². The molecule has 0 radical (unpaired) electrons. The lowest BCUT2D eigenvalue weighted by molar-refractivity contribution is -0.126. The quantitative estimate of drug-likeness (QED) is 0.738. The van der Waals surface area contributed by atoms with Crippen molar-refractivity contribution in [1.29, 1.82) is 0 Å². The summed E-state index contributed by atoms with van der Waals surface area (Å²) in [6.07, 6.45) is 2.65. The summed E-state index contributed by atoms with van der Waals surface area (Å²) < 4.78 is 5.03. The van der Waals surface area contributed by atoms with E-state index in [-0.39, 0.29) is 17.1 Å². The van der Waals surface area contributed by atoms with Crippen molar-refractivity contribution in [3.8, 4) is 11.5 Å². The summed E-state index contributed by atoms with van der Waals surface area (Å²) in [6, 6.07) is 4.87. The van der Waals surface area contributed by atoms with Crippen LogP contribution in [0.5, 0.6) is 11.5 Å². The van der Waals surface area contributed by atoms with Gasteiger partial charge < -0.3 is 20.5 Å². The van der Waals surface area contributed by atoms with E-state index in [0.29, 0.717) is 18.0 Å². The van der Waals surface area contributed by atoms with Crippen LogP contribution < -0.4 is 15.4 Å². The molecular weight excluding hydrogens is 256 g/mol. The number of rotatable bonds is 4. The number of aromatic hydroxyl groups is 1. The molecule has 20 heavy (non-hydrogen) atoms. The van der Waals surface area contributed by atoms with Gasteiger partial charge in [0.05, 0.1) is 18.2 Å². The average Bonchev–Trinajstić information content (AvgIpc) is 2.49. The molecule has 1 fully saturated rings. The van der Waals surface area contributed by atoms with Crippen molar-refractivity contribution in [2.75, 3.05) is 25.5 Å². The van der Waals surface area contributed by atoms with Gasteiger partial charge in [0, 0.05) is 12.6 Å². The van der Waals surface area contributed by atoms with Crippen LogP contribution in [-0.2, 0) is 4.79 Å². The number of amides is 1. The highest BCUT2D eigenvalue weighted by Crippen LogP contribution is 2.34. The predicted molar refractivity (Wildman–Crippen MR) is 78.1 cm³/mol. The second-order valence-electron chi connectivity index (χ2n) is 5.25. The lowest BCUT2D eigenvalue weighted by Crippen LogP contribution is -2.47. The Morgan fingerprint density at radius 1 is 1.55 bits per heavy atom. The molecule has 1 aromatic carbocycles. The minimum absolute atomic E-state index is 0.0210. The van der Waals surface area contributed by atoms with Crippen LogP contribution in [0.2, 0.25) is 0 Å². The molecule has 1 heterocycles. The van der Waals surface area contributed by atoms with E-state index in [0.717, 1.165) is 25.8 Å². The third-order valence-corrected chi connectivity index (χ3v) is 4.08. The zero-order valence-corrected chi connectivity index (χ0v) is 12.0. The Morgan fingerprint density at radius 3 is 2.90 bits per heavy atom. The van der Waals surface area contributed by atoms with Gasteiger partial charge in [0.15, 0.2) is 0 Å². The molecule has 1 aromatic rings. The molecule has 1 unspecified atom stereocenters. The molecular formula is C15H22N2O3. The molecule has 1 amide bonds. The van der Waals surface area contributed by atoms with Crippen LogP contribution >= 0.6 is 0 Å². The van der Waals surface area contributed by atoms with Gasteiger partial charge in [-0.2, -0.15) is 0 Å². The minimum atomic E-state index is -0.384. The number of benzene rings is 1. The molecule has 0 saturated carbocycles. The van der Waals surface area contributed by atoms with Crippen molar-refractivity contribution in [2.24, 2.45) is 5.41 Å². The second-order valence-corrected chi connectivity index (χ2v) is 5.25. The third kappa shape index (κ3) is 2.88. The van der Waals surface area contributed by atoms with Gasteiger partial charge in [0.25, 0.3) is 0 Å². The summed E-state index contributed by atoms with van der Waals surface area (Å²) in [5, 5.41) is 16.0. The fourth-order valence-electron chi connectivity index (χ4n) is 2.62. The summed E-state index contributed by atoms with van der Waals surface area (Å²) in [7, 11) is 1.53. The zero-order valence-electron chi connectivity index (χ0n) is 12.0. The highest BCUT2D eigenvalue weighted by Gasteiger charge is 2.38. The normalized spacial score (nSPS) is 22.3. The number of anilines is 1. The maximum Gasteiger partial charge on any atom is 0.231 e. The third-order valence-electron chi connectivity index (χ3n) is 4.08. The number of phenolic OH excluding ortho intramolecular Hbond substituents is 1. The first-order chi connectivity index (χ1) is 9.61. The first-order valence-corrected chi connectivity index (χ1v) is 7.00. The molecule has 1 saturated heterocycles. The molecule has 3 N–H and O–H groups in total. The van der Waals surface area contributed by atoms with Crippen LogP contribution in [0.1, 0.15) is 26.2 Å². The number of methoxy groups -OCH3 is 1. The van der Waals surface area contributed by atoms with Crippen molar-refractivity contribution in [2.45, 2.75) is 26.2 Å². The van der Waals surface area contributed by atoms with Gasteiger partial charge in [-0.05, 0) is 37.9 Å². The smallest absolute Gasteiger partial charge is 0.231 e. The first kappa shape index (κ1) is 14.7. The van der Waals surface area contributed by atoms with E-state index in [4.69, 9.17) is 4.74 Å². The largest absolute Gasteiger partial charge is 0.506 e. The summed E-state index contributed by atoms with van der Waals surface area (Å²) in [4.78, 5) is 12.5. The zero-order chi connectivity index (χ0) is 14.6. The van der Waals surface area contributed by atoms with Crippen LogP contribution in [-0.4, -0.2) is 31.2 Å². The fourth-order valence-corrected chi connectivity index (χ4v) is 2.62. The van der Waals surface area contributed by atoms with Gasteiger partial charge in [0.1, 0.15) is 11.5 Å². The number of phenols is 1. The number of piperidine rings is 1. The van der Waals surface area contributed by atoms with Crippen molar-refractivity contribution in [3.05, 3.63) is 18.2 Å². The Morgan fingerprint density at radius 2 is 2.35 bits per heavy atom. The van der Waals surface area contributed by atoms with E-state index in [1.807, 2.05) is 6.92 Å². The molecule has 0 spiro atoms. The Kier molecular flexibility index (Phi) is 4.49. The lowest BCUT2D eigenvalue weighted by atomic mass is 9.77. The minimum Gasteiger partial charge on any atom is -0.506 e. The van der Waals surface area contributed by atoms with Crippen molar-refractivity contribution in [1.82, 2.24) is 5.32 Å². The molecule has 5 heteroatoms. The fraction of sp³-hybridized carbons (Fsp3) is 0.533. The number of hydrogen-bond acceptors (Lipinski definition) is 4. The second kappa shape index (κ2) is 6.13. The number of carbonyl (C=O) groups is 1. The molecule has 110 valence electrons. The van der Waals surface area contributed by atoms with E-state index in [9.17, 15) is 9.90 Å². The number of ether oxygens (including phenoxy) is 1. The monoisotopic (exact) mass is 278 g/mol. The van der Waals surface area contributed by atoms with Gasteiger partial charge in [-0.1, -0.05) is 6.92 Å². The van der Waals surface area contributed by atoms with Crippen molar-refractivity contribution >= 4 is 11.6 Å². The Hall–Kier alpha value is -1.75. The van der Waals surface area contributed by atoms with Gasteiger partial charge in [-0.3, -0.25) is 4.79 Å². The van der Waals surface area contributed by atoms with Gasteiger partial charge in [-0.15, -0.1) is 0 Å². The maximum absolute atomic E-state index is 12.5. The van der Waals surface area contributed by atoms with Crippen LogP contribution in [0.4, 0.5) is 5.69 Å². The van der Waals surface area contributed by atoms with Gasteiger partial charge in [-0.25, -0.2) is 0 Å². The molecule has 0 aromatic heterocycles. The molecule has 0 aliphatic carbocycles. The van der Waals surface area contributed by atoms with E-state index in [1.165, 1.54) is 13.2 Å². The highest BCUT2D eigenvalue weighted by molar-refractivity contribution is 5.96. The van der Waals surface area contributed by atoms with Crippen molar-refractivity contribution < 1.29 is 14.6 Å². The maximum atomic E-state index is 12.5. The predicted octanol–water partition coefficient (Wildman–Crippen LogP) is 2.12. The first-order valence-electron chi connectivity index (χ1n) is 7.00. The molecule has 1 atom stereocenters. The molecule has 1 aliphatic rings. The van der Waals surface area contributed by atoms with E-state index >= 15 is 0 Å². The highest BCUT2D eigenvalue weighted by atomic mass is 16.5. The summed E-state index contributed by atoms with van der Waals surface area (Å²) in [5.41, 5.74) is 0.0409. The van der Waals surface area contributed by atoms with Gasteiger partial charge in [0.2, 0.25) is 5.91 Å². The topological polar surface area (TPSA) is 70.6 Å². The summed E-state index contributed by atoms with van der Waals surface area (Å²) >= 11 is 0. The van der Waals surface area contributed by atoms with Crippen LogP contribution in [0.25, 0.3) is 0 Å². The molecule has 2 rings (SSSR count). The number of nitrogens with one attached hydrogen (secondary N) is 2. The molecule has 5 nitrogen and oxygen atoms in total. The Labute approximate surface area is 119 Å².